The van der Waals surface area contributed by atoms with Gasteiger partial charge in [-0.3, -0.25) is 9.59 Å². The van der Waals surface area contributed by atoms with Crippen molar-refractivity contribution in [2.75, 3.05) is 27.2 Å². The smallest absolute Gasteiger partial charge is 0.263 e. The highest BCUT2D eigenvalue weighted by molar-refractivity contribution is 6.42. The summed E-state index contributed by atoms with van der Waals surface area (Å²) in [5.41, 5.74) is 0.363. The molecule has 1 aromatic heterocycles. The van der Waals surface area contributed by atoms with E-state index in [-0.39, 0.29) is 12.1 Å². The van der Waals surface area contributed by atoms with Gasteiger partial charge in [0.25, 0.3) is 11.5 Å². The lowest BCUT2D eigenvalue weighted by atomic mass is 10.2. The largest absolute Gasteiger partial charge is 0.351 e. The molecule has 0 aliphatic rings. The molecule has 0 bridgehead atoms. The highest BCUT2D eigenvalue weighted by atomic mass is 35.5. The van der Waals surface area contributed by atoms with E-state index in [4.69, 9.17) is 34.8 Å². The summed E-state index contributed by atoms with van der Waals surface area (Å²) in [6.45, 7) is 1.34. The molecule has 1 aromatic carbocycles. The van der Waals surface area contributed by atoms with Gasteiger partial charge >= 0.3 is 0 Å². The fourth-order valence-electron chi connectivity index (χ4n) is 2.20. The van der Waals surface area contributed by atoms with Crippen molar-refractivity contribution in [3.8, 4) is 0 Å². The average molecular weight is 403 g/mol. The predicted molar refractivity (Wildman–Crippen MR) is 102 cm³/mol. The molecule has 0 atom stereocenters. The van der Waals surface area contributed by atoms with Crippen LogP contribution in [0.4, 0.5) is 0 Å². The lowest BCUT2D eigenvalue weighted by molar-refractivity contribution is 0.0949. The van der Waals surface area contributed by atoms with Crippen molar-refractivity contribution in [2.45, 2.75) is 6.54 Å². The summed E-state index contributed by atoms with van der Waals surface area (Å²) in [6.07, 6.45) is 1.49. The Morgan fingerprint density at radius 2 is 1.88 bits per heavy atom. The number of halogens is 3. The summed E-state index contributed by atoms with van der Waals surface area (Å²) >= 11 is 18.0. The van der Waals surface area contributed by atoms with Crippen LogP contribution in [0.5, 0.6) is 0 Å². The Hall–Kier alpha value is -1.53. The first kappa shape index (κ1) is 19.8. The molecule has 1 heterocycles. The van der Waals surface area contributed by atoms with Crippen molar-refractivity contribution in [3.63, 3.8) is 0 Å². The summed E-state index contributed by atoms with van der Waals surface area (Å²) in [4.78, 5) is 26.8. The van der Waals surface area contributed by atoms with Crippen LogP contribution in [0.1, 0.15) is 15.9 Å². The Morgan fingerprint density at radius 1 is 1.16 bits per heavy atom. The second-order valence-electron chi connectivity index (χ2n) is 5.81. The Morgan fingerprint density at radius 3 is 2.52 bits per heavy atom. The molecule has 0 saturated carbocycles. The quantitative estimate of drug-likeness (QED) is 0.807. The first-order valence-corrected chi connectivity index (χ1v) is 8.68. The highest BCUT2D eigenvalue weighted by Gasteiger charge is 2.14. The second-order valence-corrected chi connectivity index (χ2v) is 7.06. The number of nitrogens with one attached hydrogen (secondary N) is 1. The van der Waals surface area contributed by atoms with Crippen molar-refractivity contribution in [1.29, 1.82) is 0 Å². The maximum Gasteiger partial charge on any atom is 0.263 e. The molecule has 0 unspecified atom stereocenters. The number of likely N-dealkylation sites (N-methyl/N-ethyl adjacent to an activating group) is 1. The summed E-state index contributed by atoms with van der Waals surface area (Å²) in [5.74, 6) is -0.447. The summed E-state index contributed by atoms with van der Waals surface area (Å²) in [7, 11) is 3.80. The number of nitrogens with zero attached hydrogens (tertiary/aromatic N) is 2. The maximum atomic E-state index is 12.6. The minimum Gasteiger partial charge on any atom is -0.351 e. The van der Waals surface area contributed by atoms with Gasteiger partial charge in [0.2, 0.25) is 0 Å². The van der Waals surface area contributed by atoms with E-state index in [0.29, 0.717) is 28.2 Å². The lowest BCUT2D eigenvalue weighted by Crippen LogP contribution is -2.36. The van der Waals surface area contributed by atoms with E-state index in [0.717, 1.165) is 5.56 Å². The van der Waals surface area contributed by atoms with E-state index >= 15 is 0 Å². The average Bonchev–Trinajstić information content (AvgIpc) is 2.53. The van der Waals surface area contributed by atoms with Gasteiger partial charge in [0.15, 0.2) is 0 Å². The number of hydrogen-bond donors (Lipinski definition) is 1. The lowest BCUT2D eigenvalue weighted by Gasteiger charge is -2.12. The third-order valence-electron chi connectivity index (χ3n) is 3.48. The molecule has 0 radical (unpaired) electrons. The Labute approximate surface area is 161 Å². The molecule has 134 valence electrons. The van der Waals surface area contributed by atoms with Crippen LogP contribution in [0.3, 0.4) is 0 Å². The van der Waals surface area contributed by atoms with Crippen LogP contribution >= 0.6 is 34.8 Å². The predicted octanol–water partition coefficient (Wildman–Crippen LogP) is 3.15. The number of rotatable bonds is 6. The van der Waals surface area contributed by atoms with E-state index in [1.165, 1.54) is 16.8 Å². The van der Waals surface area contributed by atoms with Gasteiger partial charge in [0.1, 0.15) is 5.56 Å². The van der Waals surface area contributed by atoms with Crippen molar-refractivity contribution in [2.24, 2.45) is 0 Å². The van der Waals surface area contributed by atoms with Crippen molar-refractivity contribution in [3.05, 3.63) is 67.0 Å². The molecular weight excluding hydrogens is 385 g/mol. The first-order chi connectivity index (χ1) is 11.8. The van der Waals surface area contributed by atoms with E-state index in [1.54, 1.807) is 18.2 Å². The number of carbonyl (C=O) groups is 1. The monoisotopic (exact) mass is 401 g/mol. The van der Waals surface area contributed by atoms with Crippen LogP contribution in [0.2, 0.25) is 15.1 Å². The Bertz CT molecular complexity index is 834. The van der Waals surface area contributed by atoms with Gasteiger partial charge in [-0.1, -0.05) is 40.9 Å². The molecule has 0 aliphatic carbocycles. The Kier molecular flexibility index (Phi) is 6.90. The van der Waals surface area contributed by atoms with Gasteiger partial charge in [0, 0.05) is 19.3 Å². The topological polar surface area (TPSA) is 54.3 Å². The number of aromatic nitrogens is 1. The van der Waals surface area contributed by atoms with Gasteiger partial charge in [0.05, 0.1) is 21.6 Å². The third kappa shape index (κ3) is 5.47. The molecule has 2 aromatic rings. The number of hydrogen-bond acceptors (Lipinski definition) is 3. The van der Waals surface area contributed by atoms with Gasteiger partial charge in [-0.05, 0) is 37.9 Å². The molecule has 1 N–H and O–H groups in total. The molecule has 1 amide bonds. The van der Waals surface area contributed by atoms with E-state index in [1.807, 2.05) is 19.0 Å². The second kappa shape index (κ2) is 8.72. The maximum absolute atomic E-state index is 12.6. The van der Waals surface area contributed by atoms with Crippen LogP contribution in [0, 0.1) is 0 Å². The molecule has 0 saturated heterocycles. The molecular formula is C17H18Cl3N3O2. The van der Waals surface area contributed by atoms with Gasteiger partial charge < -0.3 is 14.8 Å². The normalized spacial score (nSPS) is 11.0. The zero-order valence-corrected chi connectivity index (χ0v) is 16.1. The number of carbonyl (C=O) groups excluding carboxylic acids is 1. The summed E-state index contributed by atoms with van der Waals surface area (Å²) in [5, 5.41) is 3.85. The standard InChI is InChI=1S/C17H18Cl3N3O2/c1-22(2)6-5-21-16(24)13-8-12(18)10-23(17(13)25)9-11-3-4-14(19)15(20)7-11/h3-4,7-8,10H,5-6,9H2,1-2H3,(H,21,24). The first-order valence-electron chi connectivity index (χ1n) is 7.55. The Balaban J connectivity index is 2.25. The van der Waals surface area contributed by atoms with Gasteiger partial charge in [-0.2, -0.15) is 0 Å². The fourth-order valence-corrected chi connectivity index (χ4v) is 2.75. The molecule has 8 heteroatoms. The minimum atomic E-state index is -0.447. The van der Waals surface area contributed by atoms with Crippen LogP contribution in [0.25, 0.3) is 0 Å². The molecule has 0 aliphatic heterocycles. The number of amides is 1. The van der Waals surface area contributed by atoms with Gasteiger partial charge in [-0.15, -0.1) is 0 Å². The summed E-state index contributed by atoms with van der Waals surface area (Å²) < 4.78 is 1.38. The molecule has 25 heavy (non-hydrogen) atoms. The van der Waals surface area contributed by atoms with Crippen LogP contribution in [0.15, 0.2) is 35.3 Å². The van der Waals surface area contributed by atoms with E-state index < -0.39 is 11.5 Å². The fraction of sp³-hybridized carbons (Fsp3) is 0.294. The van der Waals surface area contributed by atoms with Gasteiger partial charge in [-0.25, -0.2) is 0 Å². The molecule has 0 fully saturated rings. The molecule has 0 spiro atoms. The zero-order chi connectivity index (χ0) is 18.6. The SMILES string of the molecule is CN(C)CCNC(=O)c1cc(Cl)cn(Cc2ccc(Cl)c(Cl)c2)c1=O. The van der Waals surface area contributed by atoms with Crippen LogP contribution in [-0.4, -0.2) is 42.6 Å². The molecule has 5 nitrogen and oxygen atoms in total. The van der Waals surface area contributed by atoms with E-state index in [9.17, 15) is 9.59 Å². The van der Waals surface area contributed by atoms with Crippen LogP contribution < -0.4 is 10.9 Å². The van der Waals surface area contributed by atoms with Crippen molar-refractivity contribution >= 4 is 40.7 Å². The number of benzene rings is 1. The third-order valence-corrected chi connectivity index (χ3v) is 4.42. The van der Waals surface area contributed by atoms with Crippen LogP contribution in [-0.2, 0) is 6.54 Å². The summed E-state index contributed by atoms with van der Waals surface area (Å²) in [6, 6.07) is 6.47. The van der Waals surface area contributed by atoms with Crippen molar-refractivity contribution in [1.82, 2.24) is 14.8 Å². The number of pyridine rings is 1. The minimum absolute atomic E-state index is 0.00585. The molecule has 2 rings (SSSR count). The highest BCUT2D eigenvalue weighted by Crippen LogP contribution is 2.23. The van der Waals surface area contributed by atoms with Crippen molar-refractivity contribution < 1.29 is 4.79 Å². The zero-order valence-electron chi connectivity index (χ0n) is 13.9. The van der Waals surface area contributed by atoms with E-state index in [2.05, 4.69) is 5.32 Å².